The van der Waals surface area contributed by atoms with Gasteiger partial charge in [-0.3, -0.25) is 4.79 Å². The second-order valence-electron chi connectivity index (χ2n) is 7.43. The van der Waals surface area contributed by atoms with Crippen molar-refractivity contribution in [3.8, 4) is 17.7 Å². The van der Waals surface area contributed by atoms with Crippen LogP contribution in [0, 0.1) is 18.3 Å². The largest absolute Gasteiger partial charge is 0.496 e. The van der Waals surface area contributed by atoms with Gasteiger partial charge in [-0.1, -0.05) is 6.07 Å². The van der Waals surface area contributed by atoms with Gasteiger partial charge in [0.2, 0.25) is 11.8 Å². The topological polar surface area (TPSA) is 123 Å². The predicted molar refractivity (Wildman–Crippen MR) is 117 cm³/mol. The molecule has 0 saturated carbocycles. The molecule has 162 valence electrons. The highest BCUT2D eigenvalue weighted by Gasteiger charge is 2.37. The van der Waals surface area contributed by atoms with Crippen LogP contribution in [0.25, 0.3) is 0 Å². The minimum atomic E-state index is -0.606. The molecule has 1 amide bonds. The standard InChI is InChI=1S/C24H22N4O4/c1-13-11-27-24(32-12-16-5-4-8-31-16)21-20(19(23(26)29)14(2)28-22(13)21)17-7-6-15(10-25)9-18(17)30-3/h4-9,11,20,28H,12H2,1-3H3,(H2,26,29)/t20-/m1/s1. The number of allylic oxidation sites excluding steroid dienone is 1. The summed E-state index contributed by atoms with van der Waals surface area (Å²) in [6.07, 6.45) is 3.28. The Labute approximate surface area is 185 Å². The number of ether oxygens (including phenoxy) is 2. The number of pyridine rings is 1. The first-order valence-corrected chi connectivity index (χ1v) is 9.94. The van der Waals surface area contributed by atoms with E-state index in [2.05, 4.69) is 16.4 Å². The number of benzene rings is 1. The Kier molecular flexibility index (Phi) is 5.56. The molecule has 0 fully saturated rings. The van der Waals surface area contributed by atoms with Crippen LogP contribution < -0.4 is 20.5 Å². The lowest BCUT2D eigenvalue weighted by atomic mass is 9.79. The number of primary amides is 1. The summed E-state index contributed by atoms with van der Waals surface area (Å²) in [5.74, 6) is 0.268. The Balaban J connectivity index is 1.93. The summed E-state index contributed by atoms with van der Waals surface area (Å²) in [5.41, 5.74) is 10.3. The molecule has 0 aliphatic carbocycles. The molecule has 1 aromatic carbocycles. The molecule has 1 atom stereocenters. The van der Waals surface area contributed by atoms with E-state index in [-0.39, 0.29) is 6.61 Å². The minimum absolute atomic E-state index is 0.168. The van der Waals surface area contributed by atoms with E-state index in [4.69, 9.17) is 19.6 Å². The SMILES string of the molecule is COc1cc(C#N)ccc1[C@@H]1C(C(N)=O)=C(C)Nc2c(C)cnc(OCc3ccco3)c21. The lowest BCUT2D eigenvalue weighted by Gasteiger charge is -2.32. The summed E-state index contributed by atoms with van der Waals surface area (Å²) in [6.45, 7) is 3.89. The van der Waals surface area contributed by atoms with Crippen molar-refractivity contribution in [1.29, 1.82) is 5.26 Å². The molecule has 1 aliphatic rings. The highest BCUT2D eigenvalue weighted by molar-refractivity contribution is 5.98. The van der Waals surface area contributed by atoms with Crippen molar-refractivity contribution in [1.82, 2.24) is 4.98 Å². The fourth-order valence-electron chi connectivity index (χ4n) is 3.96. The van der Waals surface area contributed by atoms with E-state index in [9.17, 15) is 10.1 Å². The number of hydrogen-bond acceptors (Lipinski definition) is 7. The maximum atomic E-state index is 12.6. The number of carbonyl (C=O) groups excluding carboxylic acids is 1. The van der Waals surface area contributed by atoms with Gasteiger partial charge in [-0.15, -0.1) is 0 Å². The number of aromatic nitrogens is 1. The lowest BCUT2D eigenvalue weighted by molar-refractivity contribution is -0.114. The van der Waals surface area contributed by atoms with Gasteiger partial charge in [-0.05, 0) is 43.7 Å². The average molecular weight is 430 g/mol. The van der Waals surface area contributed by atoms with Crippen LogP contribution in [0.3, 0.4) is 0 Å². The third kappa shape index (κ3) is 3.65. The predicted octanol–water partition coefficient (Wildman–Crippen LogP) is 3.76. The number of aryl methyl sites for hydroxylation is 1. The zero-order valence-corrected chi connectivity index (χ0v) is 17.9. The molecule has 32 heavy (non-hydrogen) atoms. The van der Waals surface area contributed by atoms with Crippen LogP contribution >= 0.6 is 0 Å². The fourth-order valence-corrected chi connectivity index (χ4v) is 3.96. The minimum Gasteiger partial charge on any atom is -0.496 e. The van der Waals surface area contributed by atoms with Crippen LogP contribution in [-0.2, 0) is 11.4 Å². The van der Waals surface area contributed by atoms with E-state index < -0.39 is 11.8 Å². The summed E-state index contributed by atoms with van der Waals surface area (Å²) in [5, 5.41) is 12.6. The van der Waals surface area contributed by atoms with Crippen molar-refractivity contribution in [2.24, 2.45) is 5.73 Å². The number of nitrogens with two attached hydrogens (primary N) is 1. The summed E-state index contributed by atoms with van der Waals surface area (Å²) < 4.78 is 17.0. The van der Waals surface area contributed by atoms with Crippen LogP contribution in [0.1, 0.15) is 40.9 Å². The van der Waals surface area contributed by atoms with E-state index in [1.54, 1.807) is 49.7 Å². The van der Waals surface area contributed by atoms with E-state index in [1.165, 1.54) is 7.11 Å². The number of nitrogens with zero attached hydrogens (tertiary/aromatic N) is 2. The molecule has 0 radical (unpaired) electrons. The number of amides is 1. The molecular weight excluding hydrogens is 408 g/mol. The molecule has 3 aromatic rings. The second-order valence-corrected chi connectivity index (χ2v) is 7.43. The molecule has 0 saturated heterocycles. The first kappa shape index (κ1) is 21.0. The van der Waals surface area contributed by atoms with Crippen LogP contribution in [0.4, 0.5) is 5.69 Å². The summed E-state index contributed by atoms with van der Waals surface area (Å²) in [4.78, 5) is 17.1. The maximum Gasteiger partial charge on any atom is 0.247 e. The summed E-state index contributed by atoms with van der Waals surface area (Å²) in [6, 6.07) is 10.8. The van der Waals surface area contributed by atoms with Crippen LogP contribution in [0.2, 0.25) is 0 Å². The molecule has 3 heterocycles. The Hall–Kier alpha value is -4.25. The first-order chi connectivity index (χ1) is 15.4. The maximum absolute atomic E-state index is 12.6. The van der Waals surface area contributed by atoms with Crippen LogP contribution in [-0.4, -0.2) is 18.0 Å². The van der Waals surface area contributed by atoms with Gasteiger partial charge < -0.3 is 24.9 Å². The number of carbonyl (C=O) groups is 1. The number of fused-ring (bicyclic) bond motifs is 1. The molecular formula is C24H22N4O4. The number of nitriles is 1. The molecule has 8 nitrogen and oxygen atoms in total. The van der Waals surface area contributed by atoms with Gasteiger partial charge >= 0.3 is 0 Å². The molecule has 1 aliphatic heterocycles. The third-order valence-electron chi connectivity index (χ3n) is 5.43. The fraction of sp³-hybridized carbons (Fsp3) is 0.208. The molecule has 3 N–H and O–H groups in total. The molecule has 2 aromatic heterocycles. The van der Waals surface area contributed by atoms with Crippen molar-refractivity contribution in [2.45, 2.75) is 26.4 Å². The van der Waals surface area contributed by atoms with Gasteiger partial charge in [0.05, 0.1) is 42.2 Å². The van der Waals surface area contributed by atoms with Crippen molar-refractivity contribution < 1.29 is 18.7 Å². The van der Waals surface area contributed by atoms with Gasteiger partial charge in [-0.2, -0.15) is 5.26 Å². The van der Waals surface area contributed by atoms with Gasteiger partial charge in [-0.25, -0.2) is 4.98 Å². The molecule has 0 unspecified atom stereocenters. The first-order valence-electron chi connectivity index (χ1n) is 9.94. The molecule has 0 spiro atoms. The Morgan fingerprint density at radius 1 is 1.34 bits per heavy atom. The third-order valence-corrected chi connectivity index (χ3v) is 5.43. The van der Waals surface area contributed by atoms with Crippen LogP contribution in [0.15, 0.2) is 58.5 Å². The van der Waals surface area contributed by atoms with Crippen molar-refractivity contribution >= 4 is 11.6 Å². The highest BCUT2D eigenvalue weighted by atomic mass is 16.5. The average Bonchev–Trinajstić information content (AvgIpc) is 3.31. The Morgan fingerprint density at radius 3 is 2.81 bits per heavy atom. The molecule has 8 heteroatoms. The lowest BCUT2D eigenvalue weighted by Crippen LogP contribution is -2.28. The number of nitrogens with one attached hydrogen (secondary N) is 1. The number of furan rings is 1. The van der Waals surface area contributed by atoms with Crippen molar-refractivity contribution in [3.05, 3.63) is 82.1 Å². The van der Waals surface area contributed by atoms with E-state index >= 15 is 0 Å². The summed E-state index contributed by atoms with van der Waals surface area (Å²) >= 11 is 0. The van der Waals surface area contributed by atoms with Crippen LogP contribution in [0.5, 0.6) is 11.6 Å². The Bertz CT molecular complexity index is 1260. The van der Waals surface area contributed by atoms with Gasteiger partial charge in [0.15, 0.2) is 0 Å². The van der Waals surface area contributed by atoms with E-state index in [1.807, 2.05) is 6.92 Å². The van der Waals surface area contributed by atoms with Gasteiger partial charge in [0.1, 0.15) is 18.1 Å². The zero-order valence-electron chi connectivity index (χ0n) is 17.9. The van der Waals surface area contributed by atoms with Gasteiger partial charge in [0.25, 0.3) is 0 Å². The summed E-state index contributed by atoms with van der Waals surface area (Å²) in [7, 11) is 1.52. The van der Waals surface area contributed by atoms with Crippen molar-refractivity contribution in [2.75, 3.05) is 12.4 Å². The Morgan fingerprint density at radius 2 is 2.16 bits per heavy atom. The van der Waals surface area contributed by atoms with Crippen molar-refractivity contribution in [3.63, 3.8) is 0 Å². The van der Waals surface area contributed by atoms with Gasteiger partial charge in [0, 0.05) is 23.0 Å². The quantitative estimate of drug-likeness (QED) is 0.610. The normalized spacial score (nSPS) is 14.9. The highest BCUT2D eigenvalue weighted by Crippen LogP contribution is 2.48. The number of anilines is 1. The number of hydrogen-bond donors (Lipinski definition) is 2. The zero-order chi connectivity index (χ0) is 22.8. The van der Waals surface area contributed by atoms with E-state index in [0.29, 0.717) is 45.4 Å². The molecule has 0 bridgehead atoms. The molecule has 4 rings (SSSR count). The number of rotatable bonds is 6. The number of methoxy groups -OCH3 is 1. The monoisotopic (exact) mass is 430 g/mol. The smallest absolute Gasteiger partial charge is 0.247 e. The second kappa shape index (κ2) is 8.47. The van der Waals surface area contributed by atoms with E-state index in [0.717, 1.165) is 11.3 Å².